The first-order valence-corrected chi connectivity index (χ1v) is 7.21. The molecule has 0 fully saturated rings. The number of hydrogen-bond donors (Lipinski definition) is 0. The van der Waals surface area contributed by atoms with Crippen LogP contribution in [0.5, 0.6) is 0 Å². The molecule has 1 aromatic heterocycles. The summed E-state index contributed by atoms with van der Waals surface area (Å²) >= 11 is 0. The number of carbonyl (C=O) groups excluding carboxylic acids is 1. The fourth-order valence-corrected chi connectivity index (χ4v) is 2.48. The molecule has 3 nitrogen and oxygen atoms in total. The second-order valence-corrected chi connectivity index (χ2v) is 5.15. The van der Waals surface area contributed by atoms with Crippen molar-refractivity contribution in [3.05, 3.63) is 52.3 Å². The van der Waals surface area contributed by atoms with Gasteiger partial charge in [0.1, 0.15) is 0 Å². The minimum atomic E-state index is 0.174. The molecule has 0 saturated heterocycles. The highest BCUT2D eigenvalue weighted by Gasteiger charge is 2.16. The summed E-state index contributed by atoms with van der Waals surface area (Å²) in [6, 6.07) is 8.57. The molecule has 0 aliphatic rings. The molecule has 0 N–H and O–H groups in total. The van der Waals surface area contributed by atoms with E-state index in [1.165, 1.54) is 11.1 Å². The highest BCUT2D eigenvalue weighted by atomic mass is 16.1. The zero-order valence-corrected chi connectivity index (χ0v) is 12.7. The topological polar surface area (TPSA) is 34.9 Å². The lowest BCUT2D eigenvalue weighted by atomic mass is 10.1. The first kappa shape index (κ1) is 14.5. The van der Waals surface area contributed by atoms with Crippen molar-refractivity contribution >= 4 is 5.78 Å². The van der Waals surface area contributed by atoms with Crippen LogP contribution < -0.4 is 0 Å². The Morgan fingerprint density at radius 3 is 2.25 bits per heavy atom. The summed E-state index contributed by atoms with van der Waals surface area (Å²) in [4.78, 5) is 12.0. The van der Waals surface area contributed by atoms with Crippen molar-refractivity contribution in [3.8, 4) is 0 Å². The number of ketones is 1. The van der Waals surface area contributed by atoms with Crippen LogP contribution in [0.15, 0.2) is 24.3 Å². The number of rotatable bonds is 5. The Balaban J connectivity index is 2.27. The molecule has 0 aliphatic heterocycles. The van der Waals surface area contributed by atoms with Crippen LogP contribution in [-0.2, 0) is 13.0 Å². The van der Waals surface area contributed by atoms with Gasteiger partial charge >= 0.3 is 0 Å². The molecule has 0 bridgehead atoms. The normalized spacial score (nSPS) is 10.8. The van der Waals surface area contributed by atoms with Crippen molar-refractivity contribution in [1.29, 1.82) is 0 Å². The third kappa shape index (κ3) is 2.82. The zero-order chi connectivity index (χ0) is 14.7. The van der Waals surface area contributed by atoms with Crippen LogP contribution in [-0.4, -0.2) is 15.6 Å². The quantitative estimate of drug-likeness (QED) is 0.776. The van der Waals surface area contributed by atoms with Gasteiger partial charge in [-0.1, -0.05) is 38.1 Å². The maximum absolute atomic E-state index is 12.0. The Morgan fingerprint density at radius 1 is 1.10 bits per heavy atom. The van der Waals surface area contributed by atoms with Gasteiger partial charge in [0.05, 0.1) is 17.8 Å². The van der Waals surface area contributed by atoms with Gasteiger partial charge in [0.15, 0.2) is 5.78 Å². The van der Waals surface area contributed by atoms with E-state index in [0.29, 0.717) is 13.0 Å². The molecule has 0 spiro atoms. The molecule has 0 atom stereocenters. The molecular weight excluding hydrogens is 248 g/mol. The average molecular weight is 270 g/mol. The van der Waals surface area contributed by atoms with E-state index in [-0.39, 0.29) is 5.78 Å². The van der Waals surface area contributed by atoms with E-state index in [2.05, 4.69) is 36.3 Å². The fraction of sp³-hybridized carbons (Fsp3) is 0.412. The van der Waals surface area contributed by atoms with Gasteiger partial charge in [0.25, 0.3) is 0 Å². The van der Waals surface area contributed by atoms with Crippen molar-refractivity contribution in [2.24, 2.45) is 0 Å². The number of hydrogen-bond acceptors (Lipinski definition) is 2. The van der Waals surface area contributed by atoms with Gasteiger partial charge in [-0.25, -0.2) is 0 Å². The smallest absolute Gasteiger partial charge is 0.166 e. The molecule has 3 heteroatoms. The summed E-state index contributed by atoms with van der Waals surface area (Å²) in [5, 5.41) is 4.51. The number of aryl methyl sites for hydroxylation is 2. The number of Topliss-reactive ketones (excluding diaryl/α,β-unsaturated/α-hetero) is 1. The molecule has 0 radical (unpaired) electrons. The lowest BCUT2D eigenvalue weighted by molar-refractivity contribution is 0.0987. The van der Waals surface area contributed by atoms with Crippen LogP contribution in [0.2, 0.25) is 0 Å². The monoisotopic (exact) mass is 270 g/mol. The van der Waals surface area contributed by atoms with E-state index in [4.69, 9.17) is 0 Å². The second-order valence-electron chi connectivity index (χ2n) is 5.15. The molecular formula is C17H22N2O. The van der Waals surface area contributed by atoms with E-state index in [9.17, 15) is 4.79 Å². The predicted molar refractivity (Wildman–Crippen MR) is 81.2 cm³/mol. The van der Waals surface area contributed by atoms with Crippen molar-refractivity contribution < 1.29 is 4.79 Å². The average Bonchev–Trinajstić information content (AvgIpc) is 2.73. The molecule has 1 aromatic carbocycles. The fourth-order valence-electron chi connectivity index (χ4n) is 2.48. The van der Waals surface area contributed by atoms with Gasteiger partial charge < -0.3 is 0 Å². The maximum Gasteiger partial charge on any atom is 0.166 e. The number of benzene rings is 1. The molecule has 2 rings (SSSR count). The van der Waals surface area contributed by atoms with Crippen molar-refractivity contribution in [1.82, 2.24) is 9.78 Å². The lowest BCUT2D eigenvalue weighted by Crippen LogP contribution is -2.06. The summed E-state index contributed by atoms with van der Waals surface area (Å²) in [7, 11) is 0. The van der Waals surface area contributed by atoms with Crippen molar-refractivity contribution in [2.75, 3.05) is 0 Å². The van der Waals surface area contributed by atoms with E-state index < -0.39 is 0 Å². The minimum Gasteiger partial charge on any atom is -0.294 e. The predicted octanol–water partition coefficient (Wildman–Crippen LogP) is 3.70. The van der Waals surface area contributed by atoms with Crippen molar-refractivity contribution in [3.63, 3.8) is 0 Å². The molecule has 2 aromatic rings. The third-order valence-corrected chi connectivity index (χ3v) is 3.75. The first-order valence-electron chi connectivity index (χ1n) is 7.21. The summed E-state index contributed by atoms with van der Waals surface area (Å²) in [5.41, 5.74) is 5.14. The van der Waals surface area contributed by atoms with Gasteiger partial charge in [-0.15, -0.1) is 0 Å². The Morgan fingerprint density at radius 2 is 1.70 bits per heavy atom. The Labute approximate surface area is 120 Å². The zero-order valence-electron chi connectivity index (χ0n) is 12.7. The van der Waals surface area contributed by atoms with Crippen LogP contribution in [0.3, 0.4) is 0 Å². The van der Waals surface area contributed by atoms with Crippen LogP contribution in [0, 0.1) is 13.8 Å². The van der Waals surface area contributed by atoms with E-state index in [0.717, 1.165) is 23.4 Å². The van der Waals surface area contributed by atoms with Crippen LogP contribution >= 0.6 is 0 Å². The standard InChI is InChI=1S/C17H22N2O/c1-5-14-7-9-15(10-8-14)11-19-13(4)17(12(3)18-19)16(20)6-2/h7-10H,5-6,11H2,1-4H3. The number of carbonyl (C=O) groups is 1. The van der Waals surface area contributed by atoms with Crippen LogP contribution in [0.1, 0.15) is 53.1 Å². The van der Waals surface area contributed by atoms with E-state index >= 15 is 0 Å². The molecule has 0 amide bonds. The number of nitrogens with zero attached hydrogens (tertiary/aromatic N) is 2. The SMILES string of the molecule is CCC(=O)c1c(C)nn(Cc2ccc(CC)cc2)c1C. The van der Waals surface area contributed by atoms with E-state index in [1.807, 2.05) is 25.5 Å². The highest BCUT2D eigenvalue weighted by molar-refractivity contribution is 5.97. The Bertz CT molecular complexity index is 609. The summed E-state index contributed by atoms with van der Waals surface area (Å²) in [6.45, 7) is 8.64. The molecule has 0 saturated carbocycles. The summed E-state index contributed by atoms with van der Waals surface area (Å²) in [6.07, 6.45) is 1.58. The number of aromatic nitrogens is 2. The molecule has 0 aliphatic carbocycles. The van der Waals surface area contributed by atoms with Gasteiger partial charge in [0, 0.05) is 12.1 Å². The first-order chi connectivity index (χ1) is 9.56. The molecule has 106 valence electrons. The Hall–Kier alpha value is -1.90. The second kappa shape index (κ2) is 6.04. The van der Waals surface area contributed by atoms with Gasteiger partial charge in [-0.3, -0.25) is 9.48 Å². The van der Waals surface area contributed by atoms with Gasteiger partial charge in [0.2, 0.25) is 0 Å². The lowest BCUT2D eigenvalue weighted by Gasteiger charge is -2.06. The van der Waals surface area contributed by atoms with Crippen LogP contribution in [0.4, 0.5) is 0 Å². The molecule has 1 heterocycles. The maximum atomic E-state index is 12.0. The van der Waals surface area contributed by atoms with Gasteiger partial charge in [-0.2, -0.15) is 5.10 Å². The Kier molecular flexibility index (Phi) is 4.38. The van der Waals surface area contributed by atoms with Gasteiger partial charge in [-0.05, 0) is 31.4 Å². The molecule has 0 unspecified atom stereocenters. The minimum absolute atomic E-state index is 0.174. The summed E-state index contributed by atoms with van der Waals surface area (Å²) < 4.78 is 1.93. The molecule has 20 heavy (non-hydrogen) atoms. The summed E-state index contributed by atoms with van der Waals surface area (Å²) in [5.74, 6) is 0.174. The third-order valence-electron chi connectivity index (χ3n) is 3.75. The highest BCUT2D eigenvalue weighted by Crippen LogP contribution is 2.17. The van der Waals surface area contributed by atoms with E-state index in [1.54, 1.807) is 0 Å². The van der Waals surface area contributed by atoms with Crippen LogP contribution in [0.25, 0.3) is 0 Å². The van der Waals surface area contributed by atoms with Crippen molar-refractivity contribution in [2.45, 2.75) is 47.1 Å². The largest absolute Gasteiger partial charge is 0.294 e.